The molecule has 1 unspecified atom stereocenters. The van der Waals surface area contributed by atoms with Crippen molar-refractivity contribution in [1.29, 1.82) is 0 Å². The number of thiazole rings is 1. The maximum atomic E-state index is 6.78. The van der Waals surface area contributed by atoms with E-state index in [1.807, 2.05) is 6.07 Å². The van der Waals surface area contributed by atoms with Gasteiger partial charge in [-0.25, -0.2) is 9.98 Å². The molecule has 9 heteroatoms. The van der Waals surface area contributed by atoms with Crippen LogP contribution in [0, 0.1) is 11.8 Å². The fourth-order valence-corrected chi connectivity index (χ4v) is 7.10. The molecule has 0 saturated heterocycles. The number of fused-ring (bicyclic) bond motifs is 1. The quantitative estimate of drug-likeness (QED) is 0.319. The summed E-state index contributed by atoms with van der Waals surface area (Å²) in [4.78, 5) is 9.82. The number of aromatic nitrogens is 1. The van der Waals surface area contributed by atoms with E-state index < -0.39 is 13.3 Å². The number of amidine groups is 1. The standard InChI is InChI=1S/C25H41N5OS2Si/c1-16(2)14-19(15-31-34(7,8)24(4,5)6)25(33-17(3)18-12-10-9-11-13-18)29-21(26)20-22(30-25)28-23(27)32-20/h9-13,16-17,19,30H,14-15H2,1-8H3,(H2,26,29)(H2,27,28)/t17-,19+,25?/m0/s1. The maximum Gasteiger partial charge on any atom is 0.191 e. The van der Waals surface area contributed by atoms with E-state index in [1.165, 1.54) is 16.9 Å². The first-order chi connectivity index (χ1) is 15.7. The molecule has 2 aromatic rings. The Hall–Kier alpha value is -1.55. The predicted octanol–water partition coefficient (Wildman–Crippen LogP) is 6.69. The number of nitrogens with one attached hydrogen (secondary N) is 1. The Bertz CT molecular complexity index is 1000. The molecule has 0 bridgehead atoms. The van der Waals surface area contributed by atoms with E-state index in [-0.39, 0.29) is 16.2 Å². The van der Waals surface area contributed by atoms with Gasteiger partial charge in [-0.15, -0.1) is 11.8 Å². The Morgan fingerprint density at radius 2 is 1.79 bits per heavy atom. The molecule has 3 atom stereocenters. The van der Waals surface area contributed by atoms with Gasteiger partial charge in [0.2, 0.25) is 0 Å². The van der Waals surface area contributed by atoms with Crippen molar-refractivity contribution in [2.75, 3.05) is 17.7 Å². The van der Waals surface area contributed by atoms with Gasteiger partial charge in [0.1, 0.15) is 10.7 Å². The van der Waals surface area contributed by atoms with Crippen molar-refractivity contribution in [3.8, 4) is 0 Å². The molecular formula is C25H41N5OS2Si. The third-order valence-electron chi connectivity index (χ3n) is 6.85. The van der Waals surface area contributed by atoms with Crippen LogP contribution in [0.1, 0.15) is 63.7 Å². The van der Waals surface area contributed by atoms with Crippen LogP contribution in [-0.4, -0.2) is 30.7 Å². The highest BCUT2D eigenvalue weighted by atomic mass is 32.2. The molecule has 0 radical (unpaired) electrons. The largest absolute Gasteiger partial charge is 0.416 e. The lowest BCUT2D eigenvalue weighted by Gasteiger charge is -2.44. The van der Waals surface area contributed by atoms with E-state index in [2.05, 4.69) is 89.2 Å². The lowest BCUT2D eigenvalue weighted by Crippen LogP contribution is -2.50. The minimum atomic E-state index is -1.95. The second kappa shape index (κ2) is 10.2. The summed E-state index contributed by atoms with van der Waals surface area (Å²) in [6.45, 7) is 18.8. The normalized spacial score (nSPS) is 20.4. The highest BCUT2D eigenvalue weighted by Crippen LogP contribution is 2.50. The van der Waals surface area contributed by atoms with Gasteiger partial charge in [0.25, 0.3) is 0 Å². The molecule has 3 rings (SSSR count). The molecule has 34 heavy (non-hydrogen) atoms. The van der Waals surface area contributed by atoms with Gasteiger partial charge in [0, 0.05) is 17.8 Å². The van der Waals surface area contributed by atoms with Crippen LogP contribution in [0.15, 0.2) is 35.3 Å². The number of thioether (sulfide) groups is 1. The lowest BCUT2D eigenvalue weighted by atomic mass is 9.94. The number of hydrogen-bond donors (Lipinski definition) is 3. The summed E-state index contributed by atoms with van der Waals surface area (Å²) in [6.07, 6.45) is 0.946. The third-order valence-corrected chi connectivity index (χ3v) is 13.8. The van der Waals surface area contributed by atoms with Crippen LogP contribution in [0.5, 0.6) is 0 Å². The van der Waals surface area contributed by atoms with Crippen LogP contribution >= 0.6 is 23.1 Å². The molecule has 0 spiro atoms. The summed E-state index contributed by atoms with van der Waals surface area (Å²) >= 11 is 3.16. The number of benzene rings is 1. The third kappa shape index (κ3) is 5.98. The molecule has 0 aliphatic carbocycles. The Morgan fingerprint density at radius 1 is 1.15 bits per heavy atom. The maximum absolute atomic E-state index is 6.78. The molecule has 2 heterocycles. The van der Waals surface area contributed by atoms with Crippen molar-refractivity contribution >= 4 is 48.2 Å². The Balaban J connectivity index is 2.03. The molecule has 188 valence electrons. The first-order valence-electron chi connectivity index (χ1n) is 12.0. The smallest absolute Gasteiger partial charge is 0.191 e. The van der Waals surface area contributed by atoms with Crippen molar-refractivity contribution in [3.63, 3.8) is 0 Å². The monoisotopic (exact) mass is 519 g/mol. The summed E-state index contributed by atoms with van der Waals surface area (Å²) < 4.78 is 6.78. The molecule has 6 nitrogen and oxygen atoms in total. The molecule has 0 amide bonds. The van der Waals surface area contributed by atoms with Gasteiger partial charge >= 0.3 is 0 Å². The van der Waals surface area contributed by atoms with Crippen LogP contribution in [0.3, 0.4) is 0 Å². The fraction of sp³-hybridized carbons (Fsp3) is 0.600. The second-order valence-electron chi connectivity index (χ2n) is 11.1. The number of nitrogens with zero attached hydrogens (tertiary/aromatic N) is 2. The van der Waals surface area contributed by atoms with E-state index >= 15 is 0 Å². The average Bonchev–Trinajstić information content (AvgIpc) is 3.11. The van der Waals surface area contributed by atoms with Crippen LogP contribution < -0.4 is 16.8 Å². The van der Waals surface area contributed by atoms with Gasteiger partial charge in [-0.3, -0.25) is 0 Å². The number of nitrogen functional groups attached to an aromatic ring is 1. The first kappa shape index (κ1) is 27.0. The van der Waals surface area contributed by atoms with Crippen molar-refractivity contribution in [1.82, 2.24) is 4.98 Å². The SMILES string of the molecule is CC(C)C[C@H](CO[Si](C)(C)C(C)(C)C)C1(S[C@@H](C)c2ccccc2)N=C(N)c2sc(N)nc2N1. The molecule has 0 saturated carbocycles. The van der Waals surface area contributed by atoms with Crippen molar-refractivity contribution in [3.05, 3.63) is 40.8 Å². The molecular weight excluding hydrogens is 479 g/mol. The van der Waals surface area contributed by atoms with Crippen LogP contribution in [0.2, 0.25) is 18.1 Å². The van der Waals surface area contributed by atoms with Crippen molar-refractivity contribution < 1.29 is 4.43 Å². The number of rotatable bonds is 9. The summed E-state index contributed by atoms with van der Waals surface area (Å²) in [6, 6.07) is 10.5. The molecule has 1 aliphatic rings. The fourth-order valence-electron chi connectivity index (χ4n) is 3.86. The van der Waals surface area contributed by atoms with Gasteiger partial charge < -0.3 is 21.2 Å². The lowest BCUT2D eigenvalue weighted by molar-refractivity contribution is 0.184. The molecule has 0 fully saturated rings. The average molecular weight is 520 g/mol. The second-order valence-corrected chi connectivity index (χ2v) is 18.5. The molecule has 1 aromatic heterocycles. The van der Waals surface area contributed by atoms with Crippen molar-refractivity contribution in [2.24, 2.45) is 22.6 Å². The van der Waals surface area contributed by atoms with Crippen LogP contribution in [-0.2, 0) is 4.43 Å². The van der Waals surface area contributed by atoms with E-state index in [9.17, 15) is 0 Å². The summed E-state index contributed by atoms with van der Waals surface area (Å²) in [5, 5.41) is 4.50. The Kier molecular flexibility index (Phi) is 8.12. The number of aliphatic imine (C=N–C) groups is 1. The summed E-state index contributed by atoms with van der Waals surface area (Å²) in [5.74, 6) is 1.78. The first-order valence-corrected chi connectivity index (χ1v) is 16.6. The molecule has 1 aromatic carbocycles. The highest BCUT2D eigenvalue weighted by Gasteiger charge is 2.47. The summed E-state index contributed by atoms with van der Waals surface area (Å²) in [7, 11) is -1.95. The molecule has 1 aliphatic heterocycles. The zero-order chi connectivity index (χ0) is 25.3. The van der Waals surface area contributed by atoms with Gasteiger partial charge in [-0.05, 0) is 43.0 Å². The topological polar surface area (TPSA) is 98.5 Å². The summed E-state index contributed by atoms with van der Waals surface area (Å²) in [5.41, 5.74) is 13.9. The van der Waals surface area contributed by atoms with Crippen LogP contribution in [0.25, 0.3) is 0 Å². The van der Waals surface area contributed by atoms with Crippen molar-refractivity contribution in [2.45, 2.75) is 76.3 Å². The van der Waals surface area contributed by atoms with Gasteiger partial charge in [0.15, 0.2) is 24.3 Å². The molecule has 5 N–H and O–H groups in total. The predicted molar refractivity (Wildman–Crippen MR) is 152 cm³/mol. The van der Waals surface area contributed by atoms with E-state index in [4.69, 9.17) is 20.9 Å². The highest BCUT2D eigenvalue weighted by molar-refractivity contribution is 8.01. The Morgan fingerprint density at radius 3 is 2.38 bits per heavy atom. The minimum absolute atomic E-state index is 0.0902. The zero-order valence-electron chi connectivity index (χ0n) is 21.8. The van der Waals surface area contributed by atoms with Gasteiger partial charge in [0.05, 0.1) is 0 Å². The van der Waals surface area contributed by atoms with Gasteiger partial charge in [-0.2, -0.15) is 0 Å². The number of anilines is 2. The van der Waals surface area contributed by atoms with Gasteiger partial charge in [-0.1, -0.05) is 76.3 Å². The Labute approximate surface area is 214 Å². The minimum Gasteiger partial charge on any atom is -0.416 e. The van der Waals surface area contributed by atoms with Crippen LogP contribution in [0.4, 0.5) is 10.9 Å². The zero-order valence-corrected chi connectivity index (χ0v) is 24.4. The number of nitrogens with two attached hydrogens (primary N) is 2. The van der Waals surface area contributed by atoms with E-state index in [1.54, 1.807) is 11.8 Å². The number of hydrogen-bond acceptors (Lipinski definition) is 8. The van der Waals surface area contributed by atoms with E-state index in [0.29, 0.717) is 23.5 Å². The van der Waals surface area contributed by atoms with E-state index in [0.717, 1.165) is 17.1 Å².